The molecule has 2 aromatic carbocycles. The van der Waals surface area contributed by atoms with Gasteiger partial charge in [0, 0.05) is 10.4 Å². The largest absolute Gasteiger partial charge is 0.496 e. The molecule has 33 heavy (non-hydrogen) atoms. The molecule has 1 unspecified atom stereocenters. The van der Waals surface area contributed by atoms with Gasteiger partial charge >= 0.3 is 0 Å². The topological polar surface area (TPSA) is 25.4 Å². The number of aryl methyl sites for hydroxylation is 3. The highest BCUT2D eigenvalue weighted by Crippen LogP contribution is 2.41. The molecule has 0 amide bonds. The van der Waals surface area contributed by atoms with Gasteiger partial charge in [-0.1, -0.05) is 49.4 Å². The third kappa shape index (κ3) is 5.51. The van der Waals surface area contributed by atoms with Crippen LogP contribution in [0.4, 0.5) is 9.52 Å². The second-order valence-electron chi connectivity index (χ2n) is 8.20. The summed E-state index contributed by atoms with van der Waals surface area (Å²) < 4.78 is 19.8. The summed E-state index contributed by atoms with van der Waals surface area (Å²) >= 11 is 8.17. The number of ether oxygens (including phenoxy) is 1. The van der Waals surface area contributed by atoms with Crippen LogP contribution in [0.5, 0.6) is 5.75 Å². The number of methoxy groups -OCH3 is 1. The van der Waals surface area contributed by atoms with Crippen LogP contribution in [-0.2, 0) is 0 Å². The van der Waals surface area contributed by atoms with E-state index in [0.717, 1.165) is 57.4 Å². The molecule has 0 spiro atoms. The van der Waals surface area contributed by atoms with E-state index in [-0.39, 0.29) is 11.9 Å². The minimum atomic E-state index is -0.203. The molecule has 3 nitrogen and oxygen atoms in total. The Hall–Kier alpha value is -2.55. The van der Waals surface area contributed by atoms with Gasteiger partial charge in [-0.25, -0.2) is 9.37 Å². The van der Waals surface area contributed by atoms with Gasteiger partial charge in [-0.3, -0.25) is 0 Å². The monoisotopic (exact) mass is 484 g/mol. The molecular weight excluding hydrogens is 455 g/mol. The number of nitrogens with zero attached hydrogens (tertiary/aromatic N) is 2. The summed E-state index contributed by atoms with van der Waals surface area (Å²) in [6, 6.07) is 9.21. The second-order valence-corrected chi connectivity index (χ2v) is 9.79. The van der Waals surface area contributed by atoms with Gasteiger partial charge in [0.05, 0.1) is 30.4 Å². The quantitative estimate of drug-likeness (QED) is 0.288. The summed E-state index contributed by atoms with van der Waals surface area (Å²) in [5.74, 6) is 3.32. The zero-order chi connectivity index (χ0) is 24.1. The van der Waals surface area contributed by atoms with Crippen molar-refractivity contribution >= 4 is 28.1 Å². The number of hydrogen-bond acceptors (Lipinski definition) is 4. The molecule has 0 radical (unpaired) electrons. The zero-order valence-corrected chi connectivity index (χ0v) is 21.4. The Labute approximate surface area is 205 Å². The summed E-state index contributed by atoms with van der Waals surface area (Å²) in [5, 5.41) is 1.40. The smallest absolute Gasteiger partial charge is 0.187 e. The van der Waals surface area contributed by atoms with Gasteiger partial charge in [0.15, 0.2) is 5.13 Å². The molecule has 6 heteroatoms. The molecule has 0 saturated heterocycles. The summed E-state index contributed by atoms with van der Waals surface area (Å²) in [5.41, 5.74) is 4.23. The number of halogens is 2. The molecule has 174 valence electrons. The van der Waals surface area contributed by atoms with Crippen LogP contribution < -0.4 is 9.64 Å². The third-order valence-electron chi connectivity index (χ3n) is 5.82. The number of terminal acetylenes is 1. The predicted octanol–water partition coefficient (Wildman–Crippen LogP) is 7.91. The van der Waals surface area contributed by atoms with E-state index in [1.165, 1.54) is 0 Å². The Kier molecular flexibility index (Phi) is 8.40. The predicted molar refractivity (Wildman–Crippen MR) is 138 cm³/mol. The standard InChI is InChI=1S/C27H30ClFN2OS/c1-7-9-10-24(20-12-11-17(3)23(29)15-20)31(13-8-2)27-30-26(19(5)33-27)21-14-18(4)25(32-6)16-22(21)28/h2,11-12,14-16,24H,7,9-10,13H2,1,3-6H3. The number of thiazole rings is 1. The van der Waals surface area contributed by atoms with Crippen LogP contribution >= 0.6 is 22.9 Å². The molecule has 0 aliphatic heterocycles. The molecule has 0 N–H and O–H groups in total. The molecule has 0 aliphatic rings. The fraction of sp³-hybridized carbons (Fsp3) is 0.370. The van der Waals surface area contributed by atoms with Gasteiger partial charge in [-0.2, -0.15) is 0 Å². The van der Waals surface area contributed by atoms with Crippen LogP contribution in [0.2, 0.25) is 5.02 Å². The van der Waals surface area contributed by atoms with Gasteiger partial charge in [0.2, 0.25) is 0 Å². The first-order chi connectivity index (χ1) is 15.8. The molecule has 3 rings (SSSR count). The molecule has 1 aromatic heterocycles. The number of anilines is 1. The van der Waals surface area contributed by atoms with Crippen molar-refractivity contribution in [3.63, 3.8) is 0 Å². The lowest BCUT2D eigenvalue weighted by molar-refractivity contribution is 0.412. The van der Waals surface area contributed by atoms with E-state index < -0.39 is 0 Å². The van der Waals surface area contributed by atoms with Crippen LogP contribution in [0.1, 0.15) is 53.8 Å². The maximum atomic E-state index is 14.5. The fourth-order valence-corrected chi connectivity index (χ4v) is 5.16. The van der Waals surface area contributed by atoms with E-state index in [0.29, 0.717) is 17.1 Å². The first kappa shape index (κ1) is 25.1. The Balaban J connectivity index is 2.08. The lowest BCUT2D eigenvalue weighted by Gasteiger charge is -2.31. The van der Waals surface area contributed by atoms with E-state index in [1.54, 1.807) is 31.4 Å². The van der Waals surface area contributed by atoms with Crippen molar-refractivity contribution in [2.24, 2.45) is 0 Å². The molecular formula is C27H30ClFN2OS. The average molecular weight is 485 g/mol. The lowest BCUT2D eigenvalue weighted by atomic mass is 9.98. The van der Waals surface area contributed by atoms with Gasteiger partial charge in [-0.05, 0) is 62.1 Å². The summed E-state index contributed by atoms with van der Waals surface area (Å²) in [4.78, 5) is 8.14. The van der Waals surface area contributed by atoms with Crippen LogP contribution in [0.25, 0.3) is 11.3 Å². The van der Waals surface area contributed by atoms with Crippen LogP contribution in [0.3, 0.4) is 0 Å². The summed E-state index contributed by atoms with van der Waals surface area (Å²) in [7, 11) is 1.63. The third-order valence-corrected chi connectivity index (χ3v) is 7.14. The van der Waals surface area contributed by atoms with Crippen LogP contribution in [-0.4, -0.2) is 18.6 Å². The highest BCUT2D eigenvalue weighted by atomic mass is 35.5. The molecule has 1 heterocycles. The van der Waals surface area contributed by atoms with E-state index in [1.807, 2.05) is 38.1 Å². The van der Waals surface area contributed by atoms with E-state index in [4.69, 9.17) is 27.7 Å². The van der Waals surface area contributed by atoms with Crippen LogP contribution in [0.15, 0.2) is 30.3 Å². The molecule has 0 fully saturated rings. The van der Waals surface area contributed by atoms with Crippen molar-refractivity contribution < 1.29 is 9.13 Å². The fourth-order valence-electron chi connectivity index (χ4n) is 3.95. The van der Waals surface area contributed by atoms with Crippen molar-refractivity contribution in [1.29, 1.82) is 0 Å². The molecule has 0 bridgehead atoms. The normalized spacial score (nSPS) is 11.8. The van der Waals surface area contributed by atoms with Gasteiger partial charge in [-0.15, -0.1) is 17.8 Å². The summed E-state index contributed by atoms with van der Waals surface area (Å²) in [6.07, 6.45) is 8.67. The number of rotatable bonds is 9. The Morgan fingerprint density at radius 1 is 1.21 bits per heavy atom. The lowest BCUT2D eigenvalue weighted by Crippen LogP contribution is -2.29. The van der Waals surface area contributed by atoms with Gasteiger partial charge in [0.1, 0.15) is 11.6 Å². The number of hydrogen-bond donors (Lipinski definition) is 0. The summed E-state index contributed by atoms with van der Waals surface area (Å²) in [6.45, 7) is 8.33. The van der Waals surface area contributed by atoms with Gasteiger partial charge < -0.3 is 9.64 Å². The molecule has 0 saturated carbocycles. The minimum absolute atomic E-state index is 0.0671. The highest BCUT2D eigenvalue weighted by Gasteiger charge is 2.25. The van der Waals surface area contributed by atoms with Crippen molar-refractivity contribution in [3.8, 4) is 29.4 Å². The highest BCUT2D eigenvalue weighted by molar-refractivity contribution is 7.16. The SMILES string of the molecule is C#CCN(c1nc(-c2cc(C)c(OC)cc2Cl)c(C)s1)C(CCCC)c1ccc(C)c(F)c1. The first-order valence-electron chi connectivity index (χ1n) is 11.1. The maximum absolute atomic E-state index is 14.5. The van der Waals surface area contributed by atoms with Crippen molar-refractivity contribution in [1.82, 2.24) is 4.98 Å². The van der Waals surface area contributed by atoms with Gasteiger partial charge in [0.25, 0.3) is 0 Å². The number of unbranched alkanes of at least 4 members (excludes halogenated alkanes) is 1. The van der Waals surface area contributed by atoms with E-state index >= 15 is 0 Å². The maximum Gasteiger partial charge on any atom is 0.187 e. The van der Waals surface area contributed by atoms with E-state index in [9.17, 15) is 4.39 Å². The Morgan fingerprint density at radius 2 is 1.97 bits per heavy atom. The molecule has 1 atom stereocenters. The number of benzene rings is 2. The van der Waals surface area contributed by atoms with Crippen molar-refractivity contribution in [3.05, 3.63) is 62.7 Å². The molecule has 0 aliphatic carbocycles. The van der Waals surface area contributed by atoms with E-state index in [2.05, 4.69) is 17.7 Å². The average Bonchev–Trinajstić information content (AvgIpc) is 3.17. The minimum Gasteiger partial charge on any atom is -0.496 e. The second kappa shape index (κ2) is 11.0. The molecule has 3 aromatic rings. The Morgan fingerprint density at radius 3 is 2.61 bits per heavy atom. The number of aromatic nitrogens is 1. The first-order valence-corrected chi connectivity index (χ1v) is 12.3. The van der Waals surface area contributed by atoms with Crippen LogP contribution in [0, 0.1) is 38.9 Å². The Bertz CT molecular complexity index is 1170. The van der Waals surface area contributed by atoms with Crippen molar-refractivity contribution in [2.75, 3.05) is 18.6 Å². The van der Waals surface area contributed by atoms with Crippen molar-refractivity contribution in [2.45, 2.75) is 53.0 Å². The zero-order valence-electron chi connectivity index (χ0n) is 19.8.